The van der Waals surface area contributed by atoms with E-state index < -0.39 is 0 Å². The monoisotopic (exact) mass is 287 g/mol. The van der Waals surface area contributed by atoms with E-state index in [1.165, 1.54) is 0 Å². The Labute approximate surface area is 125 Å². The van der Waals surface area contributed by atoms with E-state index in [1.807, 2.05) is 39.0 Å². The second-order valence-corrected chi connectivity index (χ2v) is 4.66. The maximum atomic E-state index is 5.47. The first-order chi connectivity index (χ1) is 10.1. The van der Waals surface area contributed by atoms with E-state index in [-0.39, 0.29) is 0 Å². The van der Waals surface area contributed by atoms with Crippen molar-refractivity contribution in [3.63, 3.8) is 0 Å². The minimum atomic E-state index is 0.714. The third-order valence-corrected chi connectivity index (χ3v) is 3.32. The van der Waals surface area contributed by atoms with Crippen LogP contribution in [0.1, 0.15) is 18.3 Å². The molecule has 0 spiro atoms. The number of ether oxygens (including phenoxy) is 2. The van der Waals surface area contributed by atoms with Crippen molar-refractivity contribution in [3.05, 3.63) is 29.6 Å². The SMILES string of the molecule is CCNc1nc(C)c(C)nc1-c1c(OC)cccc1OC. The van der Waals surface area contributed by atoms with Crippen LogP contribution in [-0.4, -0.2) is 30.7 Å². The van der Waals surface area contributed by atoms with Crippen LogP contribution in [0.15, 0.2) is 18.2 Å². The summed E-state index contributed by atoms with van der Waals surface area (Å²) in [5.74, 6) is 2.17. The predicted molar refractivity (Wildman–Crippen MR) is 84.2 cm³/mol. The van der Waals surface area contributed by atoms with Gasteiger partial charge in [0.2, 0.25) is 0 Å². The van der Waals surface area contributed by atoms with Gasteiger partial charge in [0.1, 0.15) is 17.2 Å². The molecule has 0 aliphatic heterocycles. The summed E-state index contributed by atoms with van der Waals surface area (Å²) < 4.78 is 10.9. The number of aromatic nitrogens is 2. The molecule has 112 valence electrons. The molecule has 0 bridgehead atoms. The number of methoxy groups -OCH3 is 2. The molecule has 5 heteroatoms. The maximum Gasteiger partial charge on any atom is 0.153 e. The van der Waals surface area contributed by atoms with Gasteiger partial charge >= 0.3 is 0 Å². The number of hydrogen-bond acceptors (Lipinski definition) is 5. The smallest absolute Gasteiger partial charge is 0.153 e. The van der Waals surface area contributed by atoms with Gasteiger partial charge in [-0.05, 0) is 32.9 Å². The van der Waals surface area contributed by atoms with E-state index >= 15 is 0 Å². The van der Waals surface area contributed by atoms with Gasteiger partial charge in [0.15, 0.2) is 5.82 Å². The molecule has 0 radical (unpaired) electrons. The van der Waals surface area contributed by atoms with Gasteiger partial charge < -0.3 is 14.8 Å². The standard InChI is InChI=1S/C16H21N3O2/c1-6-17-16-15(18-10(2)11(3)19-16)14-12(20-4)8-7-9-13(14)21-5/h7-9H,6H2,1-5H3,(H,17,19). The van der Waals surface area contributed by atoms with Gasteiger partial charge in [-0.2, -0.15) is 0 Å². The Morgan fingerprint density at radius 3 is 2.10 bits per heavy atom. The fourth-order valence-corrected chi connectivity index (χ4v) is 2.15. The molecule has 0 atom stereocenters. The highest BCUT2D eigenvalue weighted by Gasteiger charge is 2.19. The average Bonchev–Trinajstić information content (AvgIpc) is 2.50. The molecule has 5 nitrogen and oxygen atoms in total. The minimum Gasteiger partial charge on any atom is -0.496 e. The van der Waals surface area contributed by atoms with E-state index in [0.29, 0.717) is 11.5 Å². The molecule has 1 N–H and O–H groups in total. The number of nitrogens with zero attached hydrogens (tertiary/aromatic N) is 2. The van der Waals surface area contributed by atoms with Crippen molar-refractivity contribution in [2.75, 3.05) is 26.1 Å². The molecule has 0 fully saturated rings. The molecule has 0 unspecified atom stereocenters. The van der Waals surface area contributed by atoms with Crippen LogP contribution in [0.5, 0.6) is 11.5 Å². The average molecular weight is 287 g/mol. The zero-order chi connectivity index (χ0) is 15.4. The summed E-state index contributed by atoms with van der Waals surface area (Å²) >= 11 is 0. The molecule has 0 saturated heterocycles. The summed E-state index contributed by atoms with van der Waals surface area (Å²) in [5, 5.41) is 3.26. The van der Waals surface area contributed by atoms with Crippen molar-refractivity contribution >= 4 is 5.82 Å². The van der Waals surface area contributed by atoms with Crippen molar-refractivity contribution in [1.82, 2.24) is 9.97 Å². The van der Waals surface area contributed by atoms with E-state index in [9.17, 15) is 0 Å². The Kier molecular flexibility index (Phi) is 4.62. The normalized spacial score (nSPS) is 10.3. The number of anilines is 1. The molecule has 1 aromatic heterocycles. The van der Waals surface area contributed by atoms with Gasteiger partial charge in [-0.25, -0.2) is 9.97 Å². The second-order valence-electron chi connectivity index (χ2n) is 4.66. The van der Waals surface area contributed by atoms with Crippen LogP contribution in [0.3, 0.4) is 0 Å². The van der Waals surface area contributed by atoms with Gasteiger partial charge in [-0.3, -0.25) is 0 Å². The van der Waals surface area contributed by atoms with Crippen LogP contribution in [-0.2, 0) is 0 Å². The Balaban J connectivity index is 2.73. The van der Waals surface area contributed by atoms with Crippen LogP contribution in [0.25, 0.3) is 11.3 Å². The fourth-order valence-electron chi connectivity index (χ4n) is 2.15. The third kappa shape index (κ3) is 2.91. The largest absolute Gasteiger partial charge is 0.496 e. The first-order valence-corrected chi connectivity index (χ1v) is 6.92. The van der Waals surface area contributed by atoms with Crippen LogP contribution in [0, 0.1) is 13.8 Å². The topological polar surface area (TPSA) is 56.3 Å². The van der Waals surface area contributed by atoms with Crippen molar-refractivity contribution in [3.8, 4) is 22.8 Å². The lowest BCUT2D eigenvalue weighted by Crippen LogP contribution is -2.07. The van der Waals surface area contributed by atoms with E-state index in [0.717, 1.165) is 35.0 Å². The fraction of sp³-hybridized carbons (Fsp3) is 0.375. The summed E-state index contributed by atoms with van der Waals surface area (Å²) in [6.07, 6.45) is 0. The Morgan fingerprint density at radius 1 is 1.00 bits per heavy atom. The summed E-state index contributed by atoms with van der Waals surface area (Å²) in [6.45, 7) is 6.69. The number of benzene rings is 1. The van der Waals surface area contributed by atoms with E-state index in [1.54, 1.807) is 14.2 Å². The molecule has 2 rings (SSSR count). The zero-order valence-corrected chi connectivity index (χ0v) is 13.2. The molecule has 1 heterocycles. The predicted octanol–water partition coefficient (Wildman–Crippen LogP) is 3.21. The maximum absolute atomic E-state index is 5.47. The zero-order valence-electron chi connectivity index (χ0n) is 13.2. The summed E-state index contributed by atoms with van der Waals surface area (Å²) in [5.41, 5.74) is 3.35. The lowest BCUT2D eigenvalue weighted by molar-refractivity contribution is 0.397. The second kappa shape index (κ2) is 6.43. The molecular formula is C16H21N3O2. The van der Waals surface area contributed by atoms with E-state index in [2.05, 4.69) is 10.3 Å². The highest BCUT2D eigenvalue weighted by atomic mass is 16.5. The molecule has 2 aromatic rings. The van der Waals surface area contributed by atoms with Gasteiger partial charge in [0.05, 0.1) is 31.2 Å². The number of nitrogens with one attached hydrogen (secondary N) is 1. The highest BCUT2D eigenvalue weighted by molar-refractivity contribution is 5.81. The first-order valence-electron chi connectivity index (χ1n) is 6.92. The van der Waals surface area contributed by atoms with Crippen molar-refractivity contribution in [2.24, 2.45) is 0 Å². The van der Waals surface area contributed by atoms with Crippen LogP contribution in [0.2, 0.25) is 0 Å². The van der Waals surface area contributed by atoms with Gasteiger partial charge in [0.25, 0.3) is 0 Å². The van der Waals surface area contributed by atoms with Crippen molar-refractivity contribution in [1.29, 1.82) is 0 Å². The Bertz CT molecular complexity index is 619. The highest BCUT2D eigenvalue weighted by Crippen LogP contribution is 2.40. The van der Waals surface area contributed by atoms with Gasteiger partial charge in [-0.1, -0.05) is 6.07 Å². The van der Waals surface area contributed by atoms with Gasteiger partial charge in [-0.15, -0.1) is 0 Å². The Hall–Kier alpha value is -2.30. The van der Waals surface area contributed by atoms with Crippen molar-refractivity contribution in [2.45, 2.75) is 20.8 Å². The number of aryl methyl sites for hydroxylation is 2. The summed E-state index contributed by atoms with van der Waals surface area (Å²) in [7, 11) is 3.28. The van der Waals surface area contributed by atoms with Crippen molar-refractivity contribution < 1.29 is 9.47 Å². The quantitative estimate of drug-likeness (QED) is 0.915. The number of hydrogen-bond donors (Lipinski definition) is 1. The molecule has 0 amide bonds. The lowest BCUT2D eigenvalue weighted by atomic mass is 10.1. The van der Waals surface area contributed by atoms with Gasteiger partial charge in [0, 0.05) is 6.54 Å². The van der Waals surface area contributed by atoms with E-state index in [4.69, 9.17) is 14.5 Å². The van der Waals surface area contributed by atoms with Crippen LogP contribution < -0.4 is 14.8 Å². The summed E-state index contributed by atoms with van der Waals surface area (Å²) in [4.78, 5) is 9.30. The lowest BCUT2D eigenvalue weighted by Gasteiger charge is -2.16. The number of rotatable bonds is 5. The third-order valence-electron chi connectivity index (χ3n) is 3.32. The minimum absolute atomic E-state index is 0.714. The Morgan fingerprint density at radius 2 is 1.57 bits per heavy atom. The summed E-state index contributed by atoms with van der Waals surface area (Å²) in [6, 6.07) is 5.68. The molecular weight excluding hydrogens is 266 g/mol. The molecule has 0 saturated carbocycles. The first kappa shape index (κ1) is 15.1. The molecule has 0 aliphatic carbocycles. The molecule has 0 aliphatic rings. The molecule has 1 aromatic carbocycles. The van der Waals surface area contributed by atoms with Crippen LogP contribution in [0.4, 0.5) is 5.82 Å². The molecule has 21 heavy (non-hydrogen) atoms. The van der Waals surface area contributed by atoms with Crippen LogP contribution >= 0.6 is 0 Å².